The van der Waals surface area contributed by atoms with Crippen LogP contribution in [0.25, 0.3) is 11.5 Å². The maximum absolute atomic E-state index is 9.64. The summed E-state index contributed by atoms with van der Waals surface area (Å²) >= 11 is 1.74. The predicted octanol–water partition coefficient (Wildman–Crippen LogP) is 2.87. The fourth-order valence-corrected chi connectivity index (χ4v) is 1.95. The van der Waals surface area contributed by atoms with Crippen LogP contribution in [-0.4, -0.2) is 25.0 Å². The van der Waals surface area contributed by atoms with Crippen molar-refractivity contribution in [3.8, 4) is 17.2 Å². The van der Waals surface area contributed by atoms with E-state index in [1.165, 1.54) is 6.20 Å². The van der Waals surface area contributed by atoms with E-state index in [2.05, 4.69) is 35.9 Å². The summed E-state index contributed by atoms with van der Waals surface area (Å²) in [6, 6.07) is 1.64. The zero-order valence-corrected chi connectivity index (χ0v) is 11.4. The van der Waals surface area contributed by atoms with E-state index in [0.717, 1.165) is 0 Å². The molecule has 0 spiro atoms. The van der Waals surface area contributed by atoms with Crippen molar-refractivity contribution in [2.24, 2.45) is 0 Å². The monoisotopic (exact) mass is 265 g/mol. The van der Waals surface area contributed by atoms with Gasteiger partial charge in [0.15, 0.2) is 5.82 Å². The van der Waals surface area contributed by atoms with E-state index < -0.39 is 0 Å². The standard InChI is InChI=1S/C12H15N3O2S/c1-12(2,3)18-7-10-14-11(17-15-10)8-4-5-13-6-9(8)16/h4-6,16H,7H2,1-3H3. The summed E-state index contributed by atoms with van der Waals surface area (Å²) < 4.78 is 5.29. The molecule has 96 valence electrons. The Morgan fingerprint density at radius 2 is 2.17 bits per heavy atom. The molecule has 0 aliphatic heterocycles. The molecule has 0 aliphatic rings. The quantitative estimate of drug-likeness (QED) is 0.920. The van der Waals surface area contributed by atoms with Gasteiger partial charge >= 0.3 is 0 Å². The fraction of sp³-hybridized carbons (Fsp3) is 0.417. The Labute approximate surface area is 110 Å². The molecular weight excluding hydrogens is 250 g/mol. The van der Waals surface area contributed by atoms with E-state index in [0.29, 0.717) is 23.0 Å². The summed E-state index contributed by atoms with van der Waals surface area (Å²) in [5.74, 6) is 1.66. The topological polar surface area (TPSA) is 72.0 Å². The number of rotatable bonds is 3. The van der Waals surface area contributed by atoms with Gasteiger partial charge in [-0.3, -0.25) is 4.98 Å². The van der Waals surface area contributed by atoms with Crippen LogP contribution in [0.4, 0.5) is 0 Å². The largest absolute Gasteiger partial charge is 0.505 e. The third-order valence-electron chi connectivity index (χ3n) is 2.13. The van der Waals surface area contributed by atoms with E-state index in [9.17, 15) is 5.11 Å². The highest BCUT2D eigenvalue weighted by molar-refractivity contribution is 7.99. The number of hydrogen-bond donors (Lipinski definition) is 1. The van der Waals surface area contributed by atoms with Crippen LogP contribution in [0.15, 0.2) is 23.0 Å². The van der Waals surface area contributed by atoms with Crippen LogP contribution >= 0.6 is 11.8 Å². The molecule has 2 rings (SSSR count). The van der Waals surface area contributed by atoms with Gasteiger partial charge in [0.2, 0.25) is 0 Å². The van der Waals surface area contributed by atoms with Gasteiger partial charge in [0.05, 0.1) is 17.5 Å². The van der Waals surface area contributed by atoms with Crippen molar-refractivity contribution in [2.45, 2.75) is 31.3 Å². The maximum Gasteiger partial charge on any atom is 0.261 e. The molecule has 1 N–H and O–H groups in total. The molecule has 0 unspecified atom stereocenters. The van der Waals surface area contributed by atoms with Gasteiger partial charge in [0, 0.05) is 10.9 Å². The lowest BCUT2D eigenvalue weighted by molar-refractivity contribution is 0.419. The summed E-state index contributed by atoms with van der Waals surface area (Å²) in [7, 11) is 0. The van der Waals surface area contributed by atoms with Crippen molar-refractivity contribution in [1.82, 2.24) is 15.1 Å². The first-order valence-corrected chi connectivity index (χ1v) is 6.54. The lowest BCUT2D eigenvalue weighted by atomic mass is 10.2. The molecule has 2 aromatic heterocycles. The Hall–Kier alpha value is -1.56. The van der Waals surface area contributed by atoms with Crippen molar-refractivity contribution < 1.29 is 9.63 Å². The van der Waals surface area contributed by atoms with Crippen molar-refractivity contribution in [3.05, 3.63) is 24.3 Å². The third-order valence-corrected chi connectivity index (χ3v) is 3.40. The number of aromatic hydroxyl groups is 1. The Kier molecular flexibility index (Phi) is 3.56. The lowest BCUT2D eigenvalue weighted by Gasteiger charge is -2.15. The normalized spacial score (nSPS) is 11.7. The van der Waals surface area contributed by atoms with Gasteiger partial charge in [-0.15, -0.1) is 11.8 Å². The Bertz CT molecular complexity index is 534. The van der Waals surface area contributed by atoms with Gasteiger partial charge in [-0.05, 0) is 6.07 Å². The van der Waals surface area contributed by atoms with Crippen molar-refractivity contribution in [3.63, 3.8) is 0 Å². The summed E-state index contributed by atoms with van der Waals surface area (Å²) in [6.45, 7) is 6.40. The van der Waals surface area contributed by atoms with E-state index in [4.69, 9.17) is 4.52 Å². The van der Waals surface area contributed by atoms with E-state index >= 15 is 0 Å². The molecule has 0 bridgehead atoms. The first kappa shape index (κ1) is 12.9. The first-order chi connectivity index (χ1) is 8.46. The molecule has 0 aromatic carbocycles. The molecule has 0 saturated carbocycles. The van der Waals surface area contributed by atoms with Crippen LogP contribution in [0, 0.1) is 0 Å². The van der Waals surface area contributed by atoms with Crippen LogP contribution < -0.4 is 0 Å². The van der Waals surface area contributed by atoms with Crippen molar-refractivity contribution in [1.29, 1.82) is 0 Å². The van der Waals surface area contributed by atoms with Gasteiger partial charge in [-0.2, -0.15) is 4.98 Å². The van der Waals surface area contributed by atoms with Crippen LogP contribution in [0.2, 0.25) is 0 Å². The molecule has 2 aromatic rings. The second-order valence-corrected chi connectivity index (χ2v) is 6.61. The fourth-order valence-electron chi connectivity index (χ4n) is 1.27. The number of hydrogen-bond acceptors (Lipinski definition) is 6. The second kappa shape index (κ2) is 4.97. The number of aromatic nitrogens is 3. The Morgan fingerprint density at radius 3 is 2.83 bits per heavy atom. The highest BCUT2D eigenvalue weighted by Crippen LogP contribution is 2.29. The SMILES string of the molecule is CC(C)(C)SCc1noc(-c2ccncc2O)n1. The Morgan fingerprint density at radius 1 is 1.39 bits per heavy atom. The molecule has 0 saturated heterocycles. The van der Waals surface area contributed by atoms with Crippen LogP contribution in [0.1, 0.15) is 26.6 Å². The first-order valence-electron chi connectivity index (χ1n) is 5.55. The highest BCUT2D eigenvalue weighted by atomic mass is 32.2. The van der Waals surface area contributed by atoms with Crippen molar-refractivity contribution >= 4 is 11.8 Å². The number of nitrogens with zero attached hydrogens (tertiary/aromatic N) is 3. The third kappa shape index (κ3) is 3.22. The van der Waals surface area contributed by atoms with Crippen LogP contribution in [0.5, 0.6) is 5.75 Å². The molecule has 0 fully saturated rings. The summed E-state index contributed by atoms with van der Waals surface area (Å²) in [4.78, 5) is 8.06. The summed E-state index contributed by atoms with van der Waals surface area (Å²) in [5.41, 5.74) is 0.504. The Balaban J connectivity index is 2.14. The molecule has 0 atom stereocenters. The zero-order chi connectivity index (χ0) is 13.2. The molecule has 0 aliphatic carbocycles. The highest BCUT2D eigenvalue weighted by Gasteiger charge is 2.16. The van der Waals surface area contributed by atoms with E-state index in [1.54, 1.807) is 24.0 Å². The average molecular weight is 265 g/mol. The molecule has 0 amide bonds. The lowest BCUT2D eigenvalue weighted by Crippen LogP contribution is -2.07. The summed E-state index contributed by atoms with van der Waals surface area (Å²) in [6.07, 6.45) is 2.92. The van der Waals surface area contributed by atoms with Gasteiger partial charge in [0.25, 0.3) is 5.89 Å². The predicted molar refractivity (Wildman–Crippen MR) is 70.2 cm³/mol. The van der Waals surface area contributed by atoms with Crippen LogP contribution in [0.3, 0.4) is 0 Å². The van der Waals surface area contributed by atoms with E-state index in [1.807, 2.05) is 0 Å². The minimum atomic E-state index is 0.0381. The maximum atomic E-state index is 9.64. The van der Waals surface area contributed by atoms with Gasteiger partial charge in [0.1, 0.15) is 5.75 Å². The van der Waals surface area contributed by atoms with Gasteiger partial charge < -0.3 is 9.63 Å². The van der Waals surface area contributed by atoms with Gasteiger partial charge in [-0.1, -0.05) is 25.9 Å². The molecular formula is C12H15N3O2S. The molecule has 18 heavy (non-hydrogen) atoms. The molecule has 0 radical (unpaired) electrons. The zero-order valence-electron chi connectivity index (χ0n) is 10.5. The minimum absolute atomic E-state index is 0.0381. The molecule has 5 nitrogen and oxygen atoms in total. The van der Waals surface area contributed by atoms with Crippen molar-refractivity contribution in [2.75, 3.05) is 0 Å². The number of pyridine rings is 1. The molecule has 6 heteroatoms. The minimum Gasteiger partial charge on any atom is -0.505 e. The number of thioether (sulfide) groups is 1. The summed E-state index contributed by atoms with van der Waals surface area (Å²) in [5, 5.41) is 13.5. The van der Waals surface area contributed by atoms with Crippen LogP contribution in [-0.2, 0) is 5.75 Å². The van der Waals surface area contributed by atoms with E-state index in [-0.39, 0.29) is 10.5 Å². The second-order valence-electron chi connectivity index (χ2n) is 4.81. The molecule has 2 heterocycles. The average Bonchev–Trinajstić information content (AvgIpc) is 2.75. The van der Waals surface area contributed by atoms with Gasteiger partial charge in [-0.25, -0.2) is 0 Å². The smallest absolute Gasteiger partial charge is 0.261 e.